The molecule has 1 aromatic carbocycles. The largest absolute Gasteiger partial charge is 0.493 e. The van der Waals surface area contributed by atoms with E-state index in [2.05, 4.69) is 28.1 Å². The number of fused-ring (bicyclic) bond motifs is 4. The van der Waals surface area contributed by atoms with Crippen molar-refractivity contribution in [1.29, 1.82) is 0 Å². The standard InChI is InChI=1S/C23H30N4O3/c1-29-22-12-16(4-7-21(22)30-11-10-28)15-27-17-5-6-20(27)18-14-24-23(25-19(18)13-17)26-8-2-3-9-26/h4,7,12,14,17,20,28H,2-3,5-6,8-11,13,15H2,1H3. The molecule has 3 aliphatic rings. The zero-order chi connectivity index (χ0) is 20.5. The second kappa shape index (κ2) is 8.40. The summed E-state index contributed by atoms with van der Waals surface area (Å²) in [4.78, 5) is 14.6. The van der Waals surface area contributed by atoms with Crippen molar-refractivity contribution in [2.24, 2.45) is 0 Å². The summed E-state index contributed by atoms with van der Waals surface area (Å²) in [7, 11) is 1.65. The summed E-state index contributed by atoms with van der Waals surface area (Å²) < 4.78 is 11.1. The number of rotatable bonds is 7. The highest BCUT2D eigenvalue weighted by molar-refractivity contribution is 5.43. The van der Waals surface area contributed by atoms with Gasteiger partial charge in [0.25, 0.3) is 0 Å². The minimum atomic E-state index is -0.0109. The van der Waals surface area contributed by atoms with Crippen LogP contribution in [0.15, 0.2) is 24.4 Å². The minimum Gasteiger partial charge on any atom is -0.493 e. The molecule has 7 heteroatoms. The van der Waals surface area contributed by atoms with Crippen molar-refractivity contribution in [3.63, 3.8) is 0 Å². The van der Waals surface area contributed by atoms with Crippen LogP contribution >= 0.6 is 0 Å². The fraction of sp³-hybridized carbons (Fsp3) is 0.565. The molecular formula is C23H30N4O3. The zero-order valence-corrected chi connectivity index (χ0v) is 17.6. The molecule has 7 nitrogen and oxygen atoms in total. The van der Waals surface area contributed by atoms with Crippen LogP contribution in [-0.2, 0) is 13.0 Å². The summed E-state index contributed by atoms with van der Waals surface area (Å²) in [6.45, 7) is 3.29. The van der Waals surface area contributed by atoms with Gasteiger partial charge in [-0.2, -0.15) is 0 Å². The Bertz CT molecular complexity index is 900. The molecule has 0 spiro atoms. The topological polar surface area (TPSA) is 71.0 Å². The second-order valence-electron chi connectivity index (χ2n) is 8.45. The molecule has 4 heterocycles. The minimum absolute atomic E-state index is 0.0109. The maximum absolute atomic E-state index is 9.00. The monoisotopic (exact) mass is 410 g/mol. The molecule has 2 fully saturated rings. The molecule has 2 saturated heterocycles. The molecule has 2 atom stereocenters. The van der Waals surface area contributed by atoms with E-state index in [1.54, 1.807) is 7.11 Å². The summed E-state index contributed by atoms with van der Waals surface area (Å²) in [5, 5.41) is 9.00. The third kappa shape index (κ3) is 3.61. The molecule has 0 aliphatic carbocycles. The maximum atomic E-state index is 9.00. The van der Waals surface area contributed by atoms with E-state index in [1.165, 1.54) is 42.5 Å². The van der Waals surface area contributed by atoms with Gasteiger partial charge in [-0.05, 0) is 43.4 Å². The van der Waals surface area contributed by atoms with Crippen LogP contribution in [0.3, 0.4) is 0 Å². The number of benzene rings is 1. The van der Waals surface area contributed by atoms with E-state index in [1.807, 2.05) is 6.07 Å². The van der Waals surface area contributed by atoms with E-state index in [9.17, 15) is 0 Å². The molecule has 160 valence electrons. The van der Waals surface area contributed by atoms with Gasteiger partial charge in [-0.1, -0.05) is 6.07 Å². The van der Waals surface area contributed by atoms with E-state index in [-0.39, 0.29) is 13.2 Å². The Morgan fingerprint density at radius 2 is 2.03 bits per heavy atom. The van der Waals surface area contributed by atoms with Gasteiger partial charge >= 0.3 is 0 Å². The van der Waals surface area contributed by atoms with Gasteiger partial charge in [0.05, 0.1) is 19.4 Å². The fourth-order valence-corrected chi connectivity index (χ4v) is 5.18. The summed E-state index contributed by atoms with van der Waals surface area (Å²) in [5.41, 5.74) is 3.76. The van der Waals surface area contributed by atoms with E-state index in [0.717, 1.165) is 32.0 Å². The summed E-state index contributed by atoms with van der Waals surface area (Å²) in [6, 6.07) is 7.00. The van der Waals surface area contributed by atoms with Crippen molar-refractivity contribution in [3.8, 4) is 11.5 Å². The first-order valence-electron chi connectivity index (χ1n) is 11.0. The first kappa shape index (κ1) is 19.6. The summed E-state index contributed by atoms with van der Waals surface area (Å²) in [6.07, 6.45) is 7.94. The Kier molecular flexibility index (Phi) is 5.48. The highest BCUT2D eigenvalue weighted by Crippen LogP contribution is 2.44. The molecule has 1 N–H and O–H groups in total. The molecule has 2 aromatic rings. The highest BCUT2D eigenvalue weighted by Gasteiger charge is 2.41. The molecule has 5 rings (SSSR count). The van der Waals surface area contributed by atoms with Gasteiger partial charge < -0.3 is 19.5 Å². The number of aliphatic hydroxyl groups excluding tert-OH is 1. The molecule has 2 unspecified atom stereocenters. The van der Waals surface area contributed by atoms with Gasteiger partial charge in [0.2, 0.25) is 5.95 Å². The number of ether oxygens (including phenoxy) is 2. The van der Waals surface area contributed by atoms with Crippen LogP contribution in [0, 0.1) is 0 Å². The second-order valence-corrected chi connectivity index (χ2v) is 8.45. The molecule has 0 saturated carbocycles. The SMILES string of the molecule is COc1cc(CN2C3CCC2c2cnc(N4CCCC4)nc2C3)ccc1OCCO. The third-order valence-electron chi connectivity index (χ3n) is 6.65. The quantitative estimate of drug-likeness (QED) is 0.752. The highest BCUT2D eigenvalue weighted by atomic mass is 16.5. The van der Waals surface area contributed by atoms with E-state index in [4.69, 9.17) is 24.5 Å². The van der Waals surface area contributed by atoms with Gasteiger partial charge in [0, 0.05) is 49.9 Å². The first-order valence-corrected chi connectivity index (χ1v) is 11.0. The van der Waals surface area contributed by atoms with Gasteiger partial charge in [-0.15, -0.1) is 0 Å². The smallest absolute Gasteiger partial charge is 0.225 e. The lowest BCUT2D eigenvalue weighted by Gasteiger charge is -2.36. The predicted octanol–water partition coefficient (Wildman–Crippen LogP) is 2.72. The average Bonchev–Trinajstić information content (AvgIpc) is 3.40. The van der Waals surface area contributed by atoms with E-state index < -0.39 is 0 Å². The van der Waals surface area contributed by atoms with Crippen LogP contribution in [0.5, 0.6) is 11.5 Å². The van der Waals surface area contributed by atoms with Crippen LogP contribution in [0.4, 0.5) is 5.95 Å². The molecule has 30 heavy (non-hydrogen) atoms. The lowest BCUT2D eigenvalue weighted by molar-refractivity contribution is 0.165. The number of hydrogen-bond donors (Lipinski definition) is 1. The molecule has 0 radical (unpaired) electrons. The van der Waals surface area contributed by atoms with E-state index in [0.29, 0.717) is 23.6 Å². The number of methoxy groups -OCH3 is 1. The predicted molar refractivity (Wildman–Crippen MR) is 114 cm³/mol. The van der Waals surface area contributed by atoms with Gasteiger partial charge in [-0.3, -0.25) is 4.90 Å². The number of hydrogen-bond acceptors (Lipinski definition) is 7. The summed E-state index contributed by atoms with van der Waals surface area (Å²) >= 11 is 0. The lowest BCUT2D eigenvalue weighted by Crippen LogP contribution is -2.38. The van der Waals surface area contributed by atoms with Gasteiger partial charge in [0.15, 0.2) is 11.5 Å². The van der Waals surface area contributed by atoms with Crippen molar-refractivity contribution in [2.45, 2.75) is 50.7 Å². The normalized spacial score (nSPS) is 22.9. The van der Waals surface area contributed by atoms with Crippen molar-refractivity contribution >= 4 is 5.95 Å². The van der Waals surface area contributed by atoms with Crippen LogP contribution < -0.4 is 14.4 Å². The number of aliphatic hydroxyl groups is 1. The van der Waals surface area contributed by atoms with Crippen LogP contribution in [-0.4, -0.2) is 59.4 Å². The van der Waals surface area contributed by atoms with Crippen LogP contribution in [0.25, 0.3) is 0 Å². The average molecular weight is 411 g/mol. The maximum Gasteiger partial charge on any atom is 0.225 e. The summed E-state index contributed by atoms with van der Waals surface area (Å²) in [5.74, 6) is 2.30. The van der Waals surface area contributed by atoms with Crippen LogP contribution in [0.1, 0.15) is 48.5 Å². The van der Waals surface area contributed by atoms with Gasteiger partial charge in [-0.25, -0.2) is 9.97 Å². The Morgan fingerprint density at radius 3 is 2.83 bits per heavy atom. The van der Waals surface area contributed by atoms with E-state index >= 15 is 0 Å². The fourth-order valence-electron chi connectivity index (χ4n) is 5.18. The number of anilines is 1. The molecule has 3 aliphatic heterocycles. The van der Waals surface area contributed by atoms with Gasteiger partial charge in [0.1, 0.15) is 6.61 Å². The van der Waals surface area contributed by atoms with Crippen molar-refractivity contribution in [1.82, 2.24) is 14.9 Å². The van der Waals surface area contributed by atoms with Crippen molar-refractivity contribution in [3.05, 3.63) is 41.2 Å². The van der Waals surface area contributed by atoms with Crippen LogP contribution in [0.2, 0.25) is 0 Å². The Balaban J connectivity index is 1.35. The van der Waals surface area contributed by atoms with Crippen molar-refractivity contribution in [2.75, 3.05) is 38.3 Å². The zero-order valence-electron chi connectivity index (χ0n) is 17.6. The molecule has 1 aromatic heterocycles. The number of aromatic nitrogens is 2. The molecular weight excluding hydrogens is 380 g/mol. The molecule has 0 amide bonds. The van der Waals surface area contributed by atoms with Crippen molar-refractivity contribution < 1.29 is 14.6 Å². The third-order valence-corrected chi connectivity index (χ3v) is 6.65. The molecule has 2 bridgehead atoms. The Labute approximate surface area is 177 Å². The lowest BCUT2D eigenvalue weighted by atomic mass is 9.98. The number of nitrogens with zero attached hydrogens (tertiary/aromatic N) is 4. The Hall–Kier alpha value is -2.38. The Morgan fingerprint density at radius 1 is 1.17 bits per heavy atom. The first-order chi connectivity index (χ1) is 14.8.